The molecule has 3 nitrogen and oxygen atoms in total. The molecule has 26 heavy (non-hydrogen) atoms. The molecule has 0 spiro atoms. The predicted octanol–water partition coefficient (Wildman–Crippen LogP) is 5.68. The number of rotatable bonds is 7. The molecule has 3 aromatic carbocycles. The molecule has 0 aromatic heterocycles. The highest BCUT2D eigenvalue weighted by atomic mass is 35.5. The van der Waals surface area contributed by atoms with Gasteiger partial charge in [0, 0.05) is 17.8 Å². The number of halogens is 2. The third-order valence-electron chi connectivity index (χ3n) is 3.90. The maximum Gasteiger partial charge on any atom is 0.137 e. The Morgan fingerprint density at radius 3 is 2.62 bits per heavy atom. The van der Waals surface area contributed by atoms with Crippen molar-refractivity contribution in [3.8, 4) is 11.5 Å². The summed E-state index contributed by atoms with van der Waals surface area (Å²) in [5.41, 5.74) is 2.47. The molecule has 0 amide bonds. The van der Waals surface area contributed by atoms with E-state index in [0.29, 0.717) is 28.6 Å². The smallest absolute Gasteiger partial charge is 0.137 e. The molecular formula is C21H19ClFNO2. The van der Waals surface area contributed by atoms with E-state index < -0.39 is 0 Å². The normalized spacial score (nSPS) is 10.4. The van der Waals surface area contributed by atoms with Crippen LogP contribution in [-0.2, 0) is 13.2 Å². The largest absolute Gasteiger partial charge is 0.495 e. The van der Waals surface area contributed by atoms with Crippen LogP contribution in [-0.4, -0.2) is 7.11 Å². The minimum atomic E-state index is -0.262. The van der Waals surface area contributed by atoms with E-state index in [0.717, 1.165) is 11.3 Å². The van der Waals surface area contributed by atoms with Crippen LogP contribution in [0.1, 0.15) is 11.1 Å². The first-order valence-electron chi connectivity index (χ1n) is 8.18. The van der Waals surface area contributed by atoms with Crippen molar-refractivity contribution in [1.29, 1.82) is 0 Å². The van der Waals surface area contributed by atoms with Crippen LogP contribution in [0.3, 0.4) is 0 Å². The molecule has 0 aliphatic heterocycles. The summed E-state index contributed by atoms with van der Waals surface area (Å²) >= 11 is 6.13. The molecule has 0 atom stereocenters. The second-order valence-corrected chi connectivity index (χ2v) is 6.14. The number of methoxy groups -OCH3 is 1. The van der Waals surface area contributed by atoms with Crippen LogP contribution in [0.2, 0.25) is 5.02 Å². The van der Waals surface area contributed by atoms with Crippen molar-refractivity contribution in [2.45, 2.75) is 13.2 Å². The van der Waals surface area contributed by atoms with Crippen molar-refractivity contribution in [2.75, 3.05) is 12.4 Å². The van der Waals surface area contributed by atoms with Crippen molar-refractivity contribution < 1.29 is 13.9 Å². The second-order valence-electron chi connectivity index (χ2n) is 5.73. The van der Waals surface area contributed by atoms with Gasteiger partial charge < -0.3 is 14.8 Å². The summed E-state index contributed by atoms with van der Waals surface area (Å²) in [7, 11) is 1.58. The molecule has 0 fully saturated rings. The molecule has 5 heteroatoms. The molecule has 1 N–H and O–H groups in total. The van der Waals surface area contributed by atoms with Gasteiger partial charge >= 0.3 is 0 Å². The Morgan fingerprint density at radius 1 is 1.00 bits per heavy atom. The van der Waals surface area contributed by atoms with Crippen molar-refractivity contribution in [3.63, 3.8) is 0 Å². The molecule has 0 bridgehead atoms. The summed E-state index contributed by atoms with van der Waals surface area (Å²) in [6, 6.07) is 19.8. The summed E-state index contributed by atoms with van der Waals surface area (Å²) in [6.07, 6.45) is 0. The van der Waals surface area contributed by atoms with Gasteiger partial charge in [0.05, 0.1) is 12.1 Å². The van der Waals surface area contributed by atoms with Crippen molar-refractivity contribution >= 4 is 17.3 Å². The Kier molecular flexibility index (Phi) is 5.97. The number of hydrogen-bond donors (Lipinski definition) is 1. The molecule has 0 aliphatic rings. The third kappa shape index (κ3) is 4.67. The lowest BCUT2D eigenvalue weighted by molar-refractivity contribution is 0.299. The van der Waals surface area contributed by atoms with Crippen molar-refractivity contribution in [3.05, 3.63) is 88.7 Å². The van der Waals surface area contributed by atoms with E-state index in [2.05, 4.69) is 5.32 Å². The standard InChI is InChI=1S/C21H19ClFNO2/c1-25-21-10-9-17(12-19(21)22)24-13-15-5-4-7-18(11-15)26-14-16-6-2-3-8-20(16)23/h2-12,24H,13-14H2,1H3. The molecule has 0 aliphatic carbocycles. The van der Waals surface area contributed by atoms with E-state index >= 15 is 0 Å². The minimum absolute atomic E-state index is 0.192. The van der Waals surface area contributed by atoms with Crippen LogP contribution in [0.5, 0.6) is 11.5 Å². The first-order chi connectivity index (χ1) is 12.7. The fourth-order valence-electron chi connectivity index (χ4n) is 2.50. The summed E-state index contributed by atoms with van der Waals surface area (Å²) in [4.78, 5) is 0. The van der Waals surface area contributed by atoms with Gasteiger partial charge in [0.1, 0.15) is 23.9 Å². The Bertz CT molecular complexity index is 885. The first-order valence-corrected chi connectivity index (χ1v) is 8.56. The van der Waals surface area contributed by atoms with Crippen LogP contribution >= 0.6 is 11.6 Å². The van der Waals surface area contributed by atoms with Gasteiger partial charge in [-0.05, 0) is 42.0 Å². The zero-order valence-electron chi connectivity index (χ0n) is 14.3. The molecule has 3 rings (SSSR count). The topological polar surface area (TPSA) is 30.5 Å². The van der Waals surface area contributed by atoms with Crippen molar-refractivity contribution in [1.82, 2.24) is 0 Å². The highest BCUT2D eigenvalue weighted by Gasteiger charge is 2.04. The Hall–Kier alpha value is -2.72. The highest BCUT2D eigenvalue weighted by molar-refractivity contribution is 6.32. The van der Waals surface area contributed by atoms with Gasteiger partial charge in [-0.2, -0.15) is 0 Å². The lowest BCUT2D eigenvalue weighted by Gasteiger charge is -2.11. The van der Waals surface area contributed by atoms with E-state index in [1.54, 1.807) is 25.3 Å². The maximum absolute atomic E-state index is 13.7. The molecule has 3 aromatic rings. The van der Waals surface area contributed by atoms with E-state index in [-0.39, 0.29) is 12.4 Å². The third-order valence-corrected chi connectivity index (χ3v) is 4.19. The molecule has 0 radical (unpaired) electrons. The SMILES string of the molecule is COc1ccc(NCc2cccc(OCc3ccccc3F)c2)cc1Cl. The van der Waals surface area contributed by atoms with Gasteiger partial charge in [0.2, 0.25) is 0 Å². The average molecular weight is 372 g/mol. The quantitative estimate of drug-likeness (QED) is 0.579. The van der Waals surface area contributed by atoms with Crippen LogP contribution in [0, 0.1) is 5.82 Å². The Balaban J connectivity index is 1.60. The van der Waals surface area contributed by atoms with E-state index in [4.69, 9.17) is 21.1 Å². The van der Waals surface area contributed by atoms with E-state index in [9.17, 15) is 4.39 Å². The number of anilines is 1. The molecule has 134 valence electrons. The predicted molar refractivity (Wildman–Crippen MR) is 103 cm³/mol. The lowest BCUT2D eigenvalue weighted by atomic mass is 10.2. The Labute approximate surface area is 157 Å². The summed E-state index contributed by atoms with van der Waals surface area (Å²) < 4.78 is 24.5. The highest BCUT2D eigenvalue weighted by Crippen LogP contribution is 2.27. The van der Waals surface area contributed by atoms with E-state index in [1.165, 1.54) is 6.07 Å². The molecule has 0 saturated carbocycles. The number of hydrogen-bond acceptors (Lipinski definition) is 3. The molecule has 0 unspecified atom stereocenters. The van der Waals surface area contributed by atoms with Crippen LogP contribution in [0.4, 0.5) is 10.1 Å². The summed E-state index contributed by atoms with van der Waals surface area (Å²) in [6.45, 7) is 0.803. The fraction of sp³-hybridized carbons (Fsp3) is 0.143. The summed E-state index contributed by atoms with van der Waals surface area (Å²) in [5.74, 6) is 1.07. The lowest BCUT2D eigenvalue weighted by Crippen LogP contribution is -2.01. The van der Waals surface area contributed by atoms with Gasteiger partial charge in [0.25, 0.3) is 0 Å². The van der Waals surface area contributed by atoms with Crippen LogP contribution in [0.25, 0.3) is 0 Å². The molecule has 0 heterocycles. The summed E-state index contributed by atoms with van der Waals surface area (Å²) in [5, 5.41) is 3.86. The number of nitrogens with one attached hydrogen (secondary N) is 1. The van der Waals surface area contributed by atoms with Gasteiger partial charge in [-0.3, -0.25) is 0 Å². The maximum atomic E-state index is 13.7. The van der Waals surface area contributed by atoms with Crippen LogP contribution < -0.4 is 14.8 Å². The van der Waals surface area contributed by atoms with Gasteiger partial charge in [-0.15, -0.1) is 0 Å². The van der Waals surface area contributed by atoms with Gasteiger partial charge in [0.15, 0.2) is 0 Å². The average Bonchev–Trinajstić information content (AvgIpc) is 2.66. The van der Waals surface area contributed by atoms with Gasteiger partial charge in [-0.25, -0.2) is 4.39 Å². The number of ether oxygens (including phenoxy) is 2. The Morgan fingerprint density at radius 2 is 1.85 bits per heavy atom. The number of benzene rings is 3. The van der Waals surface area contributed by atoms with Gasteiger partial charge in [-0.1, -0.05) is 41.9 Å². The zero-order valence-corrected chi connectivity index (χ0v) is 15.1. The fourth-order valence-corrected chi connectivity index (χ4v) is 2.76. The monoisotopic (exact) mass is 371 g/mol. The minimum Gasteiger partial charge on any atom is -0.495 e. The molecular weight excluding hydrogens is 353 g/mol. The second kappa shape index (κ2) is 8.59. The zero-order chi connectivity index (χ0) is 18.4. The molecule has 0 saturated heterocycles. The van der Waals surface area contributed by atoms with Crippen LogP contribution in [0.15, 0.2) is 66.7 Å². The van der Waals surface area contributed by atoms with Crippen molar-refractivity contribution in [2.24, 2.45) is 0 Å². The van der Waals surface area contributed by atoms with E-state index in [1.807, 2.05) is 42.5 Å². The first kappa shape index (κ1) is 18.1.